The predicted molar refractivity (Wildman–Crippen MR) is 71.6 cm³/mol. The lowest BCUT2D eigenvalue weighted by molar-refractivity contribution is -0.0430. The molecule has 0 bridgehead atoms. The van der Waals surface area contributed by atoms with Crippen molar-refractivity contribution < 1.29 is 19.5 Å². The lowest BCUT2D eigenvalue weighted by Crippen LogP contribution is -2.40. The molecule has 0 spiro atoms. The van der Waals surface area contributed by atoms with Crippen molar-refractivity contribution in [2.24, 2.45) is 0 Å². The molecule has 19 heavy (non-hydrogen) atoms. The third kappa shape index (κ3) is 8.02. The van der Waals surface area contributed by atoms with E-state index in [1.807, 2.05) is 0 Å². The average Bonchev–Trinajstić information content (AvgIpc) is 2.27. The number of hydrogen-bond donors (Lipinski definition) is 2. The molecule has 6 nitrogen and oxygen atoms in total. The van der Waals surface area contributed by atoms with Crippen LogP contribution in [0.4, 0.5) is 4.79 Å². The number of likely N-dealkylation sites (tertiary alicyclic amines) is 1. The number of aliphatic hydroxyl groups excluding tert-OH is 1. The molecule has 1 rings (SSSR count). The van der Waals surface area contributed by atoms with Gasteiger partial charge in [-0.05, 0) is 46.7 Å². The lowest BCUT2D eigenvalue weighted by atomic mass is 10.1. The van der Waals surface area contributed by atoms with Crippen molar-refractivity contribution in [2.75, 3.05) is 26.2 Å². The second-order valence-electron chi connectivity index (χ2n) is 5.93. The van der Waals surface area contributed by atoms with Crippen LogP contribution in [-0.4, -0.2) is 54.0 Å². The Bertz CT molecular complexity index is 272. The summed E-state index contributed by atoms with van der Waals surface area (Å²) in [4.78, 5) is 18.4. The number of amides is 1. The Balaban J connectivity index is 2.09. The van der Waals surface area contributed by atoms with Crippen molar-refractivity contribution in [1.82, 2.24) is 10.4 Å². The van der Waals surface area contributed by atoms with Crippen molar-refractivity contribution >= 4 is 6.09 Å². The molecule has 1 aliphatic rings. The number of nitrogens with zero attached hydrogens (tertiary/aromatic N) is 1. The van der Waals surface area contributed by atoms with Crippen LogP contribution in [0.1, 0.15) is 40.0 Å². The van der Waals surface area contributed by atoms with Gasteiger partial charge in [0.2, 0.25) is 0 Å². The maximum atomic E-state index is 11.3. The molecule has 1 fully saturated rings. The lowest BCUT2D eigenvalue weighted by Gasteiger charge is -2.28. The molecule has 0 aromatic carbocycles. The van der Waals surface area contributed by atoms with Gasteiger partial charge in [-0.3, -0.25) is 4.84 Å². The fraction of sp³-hybridized carbons (Fsp3) is 0.923. The Labute approximate surface area is 115 Å². The van der Waals surface area contributed by atoms with E-state index in [9.17, 15) is 9.90 Å². The zero-order valence-electron chi connectivity index (χ0n) is 12.1. The molecule has 112 valence electrons. The van der Waals surface area contributed by atoms with E-state index in [2.05, 4.69) is 10.4 Å². The molecule has 0 aromatic heterocycles. The minimum atomic E-state index is -0.641. The molecule has 0 radical (unpaired) electrons. The zero-order chi connectivity index (χ0) is 14.3. The minimum Gasteiger partial charge on any atom is -0.442 e. The first-order chi connectivity index (χ1) is 8.87. The first-order valence-electron chi connectivity index (χ1n) is 6.88. The van der Waals surface area contributed by atoms with Crippen molar-refractivity contribution in [3.05, 3.63) is 0 Å². The van der Waals surface area contributed by atoms with Crippen LogP contribution < -0.4 is 5.48 Å². The number of carbonyl (C=O) groups excluding carboxylic acids is 1. The summed E-state index contributed by atoms with van der Waals surface area (Å²) in [5.74, 6) is 0. The highest BCUT2D eigenvalue weighted by Gasteiger charge is 2.18. The van der Waals surface area contributed by atoms with Crippen LogP contribution in [-0.2, 0) is 9.57 Å². The topological polar surface area (TPSA) is 71.0 Å². The van der Waals surface area contributed by atoms with Crippen LogP contribution in [0.15, 0.2) is 0 Å². The number of nitrogens with one attached hydrogen (secondary N) is 1. The van der Waals surface area contributed by atoms with Crippen molar-refractivity contribution in [3.63, 3.8) is 0 Å². The molecule has 2 N–H and O–H groups in total. The first kappa shape index (κ1) is 16.2. The molecule has 1 atom stereocenters. The number of aliphatic hydroxyl groups is 1. The monoisotopic (exact) mass is 274 g/mol. The molecule has 1 unspecified atom stereocenters. The third-order valence-corrected chi connectivity index (χ3v) is 2.75. The van der Waals surface area contributed by atoms with Crippen LogP contribution in [0.2, 0.25) is 0 Å². The van der Waals surface area contributed by atoms with Crippen LogP contribution in [0.3, 0.4) is 0 Å². The molecule has 1 saturated heterocycles. The van der Waals surface area contributed by atoms with Gasteiger partial charge in [0, 0.05) is 6.54 Å². The van der Waals surface area contributed by atoms with Gasteiger partial charge in [-0.1, -0.05) is 6.42 Å². The van der Waals surface area contributed by atoms with Crippen molar-refractivity contribution in [1.29, 1.82) is 0 Å². The Kier molecular flexibility index (Phi) is 6.54. The molecule has 0 aliphatic carbocycles. The summed E-state index contributed by atoms with van der Waals surface area (Å²) in [6.07, 6.45) is 2.39. The minimum absolute atomic E-state index is 0.0652. The summed E-state index contributed by atoms with van der Waals surface area (Å²) < 4.78 is 5.00. The fourth-order valence-electron chi connectivity index (χ4n) is 1.99. The van der Waals surface area contributed by atoms with Crippen molar-refractivity contribution in [3.8, 4) is 0 Å². The highest BCUT2D eigenvalue weighted by Crippen LogP contribution is 2.09. The molecule has 1 aliphatic heterocycles. The molecule has 0 saturated carbocycles. The smallest absolute Gasteiger partial charge is 0.431 e. The molecule has 6 heteroatoms. The SMILES string of the molecule is CC(C)(C)OC(=O)NOCC(O)CN1CCCCC1. The number of ether oxygens (including phenoxy) is 1. The fourth-order valence-corrected chi connectivity index (χ4v) is 1.99. The Morgan fingerprint density at radius 3 is 2.53 bits per heavy atom. The van der Waals surface area contributed by atoms with E-state index in [1.54, 1.807) is 20.8 Å². The van der Waals surface area contributed by atoms with Crippen LogP contribution in [0.5, 0.6) is 0 Å². The molecular weight excluding hydrogens is 248 g/mol. The van der Waals surface area contributed by atoms with Gasteiger partial charge in [0.15, 0.2) is 0 Å². The zero-order valence-corrected chi connectivity index (χ0v) is 12.1. The molecular formula is C13H26N2O4. The normalized spacial score (nSPS) is 18.9. The van der Waals surface area contributed by atoms with Gasteiger partial charge >= 0.3 is 6.09 Å². The number of carbonyl (C=O) groups is 1. The van der Waals surface area contributed by atoms with E-state index in [4.69, 9.17) is 9.57 Å². The summed E-state index contributed by atoms with van der Waals surface area (Å²) in [5, 5.41) is 9.79. The predicted octanol–water partition coefficient (Wildman–Crippen LogP) is 1.29. The Hall–Kier alpha value is -0.850. The van der Waals surface area contributed by atoms with Crippen LogP contribution in [0.25, 0.3) is 0 Å². The second kappa shape index (κ2) is 7.67. The summed E-state index contributed by atoms with van der Waals surface area (Å²) >= 11 is 0. The molecule has 0 aromatic rings. The highest BCUT2D eigenvalue weighted by atomic mass is 16.7. The van der Waals surface area contributed by atoms with E-state index >= 15 is 0 Å². The van der Waals surface area contributed by atoms with Gasteiger partial charge in [0.1, 0.15) is 12.2 Å². The van der Waals surface area contributed by atoms with E-state index in [0.29, 0.717) is 6.54 Å². The van der Waals surface area contributed by atoms with Crippen molar-refractivity contribution in [2.45, 2.75) is 51.7 Å². The maximum absolute atomic E-state index is 11.3. The van der Waals surface area contributed by atoms with E-state index in [1.165, 1.54) is 19.3 Å². The van der Waals surface area contributed by atoms with Gasteiger partial charge < -0.3 is 14.7 Å². The van der Waals surface area contributed by atoms with E-state index in [0.717, 1.165) is 13.1 Å². The summed E-state index contributed by atoms with van der Waals surface area (Å²) in [7, 11) is 0. The van der Waals surface area contributed by atoms with Gasteiger partial charge in [-0.2, -0.15) is 5.48 Å². The summed E-state index contributed by atoms with van der Waals surface area (Å²) in [6, 6.07) is 0. The molecule has 1 heterocycles. The highest BCUT2D eigenvalue weighted by molar-refractivity contribution is 5.66. The first-order valence-corrected chi connectivity index (χ1v) is 6.88. The number of rotatable bonds is 5. The Morgan fingerprint density at radius 2 is 1.95 bits per heavy atom. The Morgan fingerprint density at radius 1 is 1.32 bits per heavy atom. The maximum Gasteiger partial charge on any atom is 0.431 e. The third-order valence-electron chi connectivity index (χ3n) is 2.75. The number of hydroxylamine groups is 1. The largest absolute Gasteiger partial charge is 0.442 e. The summed E-state index contributed by atoms with van der Waals surface area (Å²) in [5.41, 5.74) is 1.61. The number of hydrogen-bond acceptors (Lipinski definition) is 5. The molecule has 1 amide bonds. The van der Waals surface area contributed by atoms with Gasteiger partial charge in [0.25, 0.3) is 0 Å². The number of piperidine rings is 1. The standard InChI is InChI=1S/C13H26N2O4/c1-13(2,3)19-12(17)14-18-10-11(16)9-15-7-5-4-6-8-15/h11,16H,4-10H2,1-3H3,(H,14,17). The quantitative estimate of drug-likeness (QED) is 0.739. The number of β-amino-alcohol motifs (C(OH)–C–C–N with tert-alkyl or cyclic N) is 1. The second-order valence-corrected chi connectivity index (χ2v) is 5.93. The average molecular weight is 274 g/mol. The van der Waals surface area contributed by atoms with E-state index in [-0.39, 0.29) is 6.61 Å². The van der Waals surface area contributed by atoms with Gasteiger partial charge in [0.05, 0.1) is 6.10 Å². The summed E-state index contributed by atoms with van der Waals surface area (Å²) in [6.45, 7) is 8.02. The van der Waals surface area contributed by atoms with Crippen LogP contribution in [0, 0.1) is 0 Å². The van der Waals surface area contributed by atoms with E-state index < -0.39 is 17.8 Å². The van der Waals surface area contributed by atoms with Gasteiger partial charge in [-0.25, -0.2) is 4.79 Å². The van der Waals surface area contributed by atoms with Gasteiger partial charge in [-0.15, -0.1) is 0 Å². The van der Waals surface area contributed by atoms with Crippen LogP contribution >= 0.6 is 0 Å².